The Morgan fingerprint density at radius 1 is 1.09 bits per heavy atom. The van der Waals surface area contributed by atoms with Gasteiger partial charge in [-0.2, -0.15) is 0 Å². The van der Waals surface area contributed by atoms with Crippen LogP contribution >= 0.6 is 23.2 Å². The van der Waals surface area contributed by atoms with E-state index in [0.717, 1.165) is 0 Å². The number of methoxy groups -OCH3 is 2. The maximum Gasteiger partial charge on any atom is 0.308 e. The van der Waals surface area contributed by atoms with Gasteiger partial charge in [-0.1, -0.05) is 42.3 Å². The lowest BCUT2D eigenvalue weighted by atomic mass is 9.94. The van der Waals surface area contributed by atoms with Gasteiger partial charge in [0.05, 0.1) is 36.4 Å². The van der Waals surface area contributed by atoms with E-state index in [9.17, 15) is 19.5 Å². The van der Waals surface area contributed by atoms with Gasteiger partial charge < -0.3 is 24.2 Å². The molecule has 1 atom stereocenters. The third-order valence-corrected chi connectivity index (χ3v) is 5.88. The van der Waals surface area contributed by atoms with Gasteiger partial charge in [-0.05, 0) is 30.2 Å². The summed E-state index contributed by atoms with van der Waals surface area (Å²) in [7, 11) is 2.72. The van der Waals surface area contributed by atoms with Crippen molar-refractivity contribution in [3.8, 4) is 17.2 Å². The van der Waals surface area contributed by atoms with Crippen molar-refractivity contribution in [3.05, 3.63) is 57.1 Å². The first kappa shape index (κ1) is 25.4. The monoisotopic (exact) mass is 507 g/mol. The van der Waals surface area contributed by atoms with E-state index in [0.29, 0.717) is 17.7 Å². The van der Waals surface area contributed by atoms with Gasteiger partial charge in [0.25, 0.3) is 11.7 Å². The van der Waals surface area contributed by atoms with E-state index in [1.165, 1.54) is 32.1 Å². The number of aliphatic hydroxyl groups excluding tert-OH is 1. The highest BCUT2D eigenvalue weighted by Crippen LogP contribution is 2.47. The van der Waals surface area contributed by atoms with E-state index in [-0.39, 0.29) is 39.2 Å². The van der Waals surface area contributed by atoms with Gasteiger partial charge in [-0.3, -0.25) is 14.4 Å². The van der Waals surface area contributed by atoms with Crippen molar-refractivity contribution in [3.63, 3.8) is 0 Å². The van der Waals surface area contributed by atoms with Gasteiger partial charge in [-0.25, -0.2) is 0 Å². The second-order valence-electron chi connectivity index (χ2n) is 7.44. The molecule has 0 saturated carbocycles. The van der Waals surface area contributed by atoms with E-state index in [4.69, 9.17) is 37.4 Å². The number of rotatable bonds is 7. The first-order valence-electron chi connectivity index (χ1n) is 10.3. The summed E-state index contributed by atoms with van der Waals surface area (Å²) in [5.74, 6) is -2.10. The second-order valence-corrected chi connectivity index (χ2v) is 8.23. The summed E-state index contributed by atoms with van der Waals surface area (Å²) < 4.78 is 15.6. The number of amides is 1. The number of aliphatic hydroxyl groups is 1. The molecule has 180 valence electrons. The highest BCUT2D eigenvalue weighted by molar-refractivity contribution is 6.47. The molecule has 10 heteroatoms. The number of ether oxygens (including phenoxy) is 3. The van der Waals surface area contributed by atoms with Crippen molar-refractivity contribution in [2.24, 2.45) is 0 Å². The summed E-state index contributed by atoms with van der Waals surface area (Å²) in [4.78, 5) is 38.6. The Hall–Kier alpha value is -3.23. The van der Waals surface area contributed by atoms with Crippen molar-refractivity contribution in [1.82, 2.24) is 4.90 Å². The van der Waals surface area contributed by atoms with E-state index >= 15 is 0 Å². The molecule has 34 heavy (non-hydrogen) atoms. The van der Waals surface area contributed by atoms with Crippen LogP contribution < -0.4 is 14.2 Å². The van der Waals surface area contributed by atoms with Crippen LogP contribution in [0, 0.1) is 0 Å². The predicted molar refractivity (Wildman–Crippen MR) is 127 cm³/mol. The number of halogens is 2. The van der Waals surface area contributed by atoms with Crippen LogP contribution in [0.2, 0.25) is 10.0 Å². The van der Waals surface area contributed by atoms with Gasteiger partial charge >= 0.3 is 5.97 Å². The van der Waals surface area contributed by atoms with Crippen LogP contribution in [0.5, 0.6) is 17.2 Å². The van der Waals surface area contributed by atoms with E-state index in [1.807, 2.05) is 6.92 Å². The van der Waals surface area contributed by atoms with Gasteiger partial charge in [0, 0.05) is 13.5 Å². The fraction of sp³-hybridized carbons (Fsp3) is 0.292. The molecule has 1 aliphatic heterocycles. The van der Waals surface area contributed by atoms with Crippen molar-refractivity contribution in [2.75, 3.05) is 20.8 Å². The maximum absolute atomic E-state index is 13.1. The molecule has 0 aliphatic carbocycles. The predicted octanol–water partition coefficient (Wildman–Crippen LogP) is 4.77. The Morgan fingerprint density at radius 3 is 2.24 bits per heavy atom. The summed E-state index contributed by atoms with van der Waals surface area (Å²) in [6.45, 7) is 3.42. The number of nitrogens with zero attached hydrogens (tertiary/aromatic N) is 1. The number of ketones is 1. The minimum Gasteiger partial charge on any atom is -0.507 e. The average molecular weight is 508 g/mol. The Morgan fingerprint density at radius 2 is 1.71 bits per heavy atom. The molecule has 0 bridgehead atoms. The first-order valence-corrected chi connectivity index (χ1v) is 11.1. The molecule has 3 rings (SSSR count). The zero-order valence-corrected chi connectivity index (χ0v) is 20.5. The van der Waals surface area contributed by atoms with Gasteiger partial charge in [-0.15, -0.1) is 0 Å². The highest BCUT2D eigenvalue weighted by atomic mass is 35.5. The minimum absolute atomic E-state index is 0.00382. The molecular formula is C24H23Cl2NO7. The zero-order chi connectivity index (χ0) is 25.2. The average Bonchev–Trinajstić information content (AvgIpc) is 3.04. The Labute approximate surface area is 206 Å². The van der Waals surface area contributed by atoms with Crippen LogP contribution in [0.25, 0.3) is 5.76 Å². The van der Waals surface area contributed by atoms with Gasteiger partial charge in [0.1, 0.15) is 16.5 Å². The molecule has 1 N–H and O–H groups in total. The van der Waals surface area contributed by atoms with Crippen molar-refractivity contribution in [1.29, 1.82) is 0 Å². The number of likely N-dealkylation sites (tertiary alicyclic amines) is 1. The number of esters is 1. The van der Waals surface area contributed by atoms with E-state index < -0.39 is 29.5 Å². The topological polar surface area (TPSA) is 102 Å². The van der Waals surface area contributed by atoms with Crippen molar-refractivity contribution >= 4 is 46.6 Å². The summed E-state index contributed by atoms with van der Waals surface area (Å²) >= 11 is 12.6. The number of Topliss-reactive ketones (excluding diaryl/α,β-unsaturated/α-hetero) is 1. The second kappa shape index (κ2) is 10.4. The number of carbonyl (C=O) groups excluding carboxylic acids is 3. The number of hydrogen-bond donors (Lipinski definition) is 1. The molecule has 1 amide bonds. The molecule has 1 unspecified atom stereocenters. The summed E-state index contributed by atoms with van der Waals surface area (Å²) in [5.41, 5.74) is 0.429. The molecule has 1 heterocycles. The minimum atomic E-state index is -0.893. The van der Waals surface area contributed by atoms with Crippen LogP contribution in [0.3, 0.4) is 0 Å². The molecule has 2 aromatic rings. The Kier molecular flexibility index (Phi) is 7.74. The maximum atomic E-state index is 13.1. The lowest BCUT2D eigenvalue weighted by Gasteiger charge is -2.25. The Balaban J connectivity index is 2.24. The van der Waals surface area contributed by atoms with Crippen LogP contribution in [-0.4, -0.2) is 48.4 Å². The molecule has 0 spiro atoms. The smallest absolute Gasteiger partial charge is 0.308 e. The summed E-state index contributed by atoms with van der Waals surface area (Å²) in [6, 6.07) is 6.80. The lowest BCUT2D eigenvalue weighted by molar-refractivity contribution is -0.139. The molecule has 0 aromatic heterocycles. The standard InChI is InChI=1S/C24H23Cl2NO7/c1-5-10-27-19(13-6-8-14(9-7-13)34-12(2)28)17(21(30)24(27)31)20(29)15-11-16(25)23(33-4)18(26)22(15)32-3/h6-9,11,19,29H,5,10H2,1-4H3/b20-17+. The van der Waals surface area contributed by atoms with E-state index in [2.05, 4.69) is 0 Å². The Bertz CT molecular complexity index is 1170. The molecule has 1 fully saturated rings. The number of benzene rings is 2. The molecule has 0 radical (unpaired) electrons. The molecule has 1 aliphatic rings. The lowest BCUT2D eigenvalue weighted by Crippen LogP contribution is -2.30. The zero-order valence-electron chi connectivity index (χ0n) is 19.0. The first-order chi connectivity index (χ1) is 16.2. The van der Waals surface area contributed by atoms with Crippen LogP contribution in [0.15, 0.2) is 35.9 Å². The molecule has 2 aromatic carbocycles. The largest absolute Gasteiger partial charge is 0.507 e. The van der Waals surface area contributed by atoms with Crippen LogP contribution in [0.4, 0.5) is 0 Å². The normalized spacial score (nSPS) is 17.1. The van der Waals surface area contributed by atoms with E-state index in [1.54, 1.807) is 24.3 Å². The van der Waals surface area contributed by atoms with Gasteiger partial charge in [0.15, 0.2) is 11.5 Å². The highest BCUT2D eigenvalue weighted by Gasteiger charge is 2.46. The number of hydrogen-bond acceptors (Lipinski definition) is 7. The van der Waals surface area contributed by atoms with Crippen LogP contribution in [0.1, 0.15) is 37.4 Å². The third-order valence-electron chi connectivity index (χ3n) is 5.26. The van der Waals surface area contributed by atoms with Crippen LogP contribution in [-0.2, 0) is 14.4 Å². The number of carbonyl (C=O) groups is 3. The van der Waals surface area contributed by atoms with Crippen molar-refractivity contribution < 1.29 is 33.7 Å². The molecule has 8 nitrogen and oxygen atoms in total. The fourth-order valence-corrected chi connectivity index (χ4v) is 4.56. The van der Waals surface area contributed by atoms with Gasteiger partial charge in [0.2, 0.25) is 0 Å². The fourth-order valence-electron chi connectivity index (χ4n) is 3.87. The third kappa shape index (κ3) is 4.56. The molecule has 1 saturated heterocycles. The summed E-state index contributed by atoms with van der Waals surface area (Å²) in [6.07, 6.45) is 0.582. The SMILES string of the molecule is CCCN1C(=O)C(=O)/C(=C(/O)c2cc(Cl)c(OC)c(Cl)c2OC)C1c1ccc(OC(C)=O)cc1. The van der Waals surface area contributed by atoms with Crippen molar-refractivity contribution in [2.45, 2.75) is 26.3 Å². The quantitative estimate of drug-likeness (QED) is 0.189. The molecular weight excluding hydrogens is 485 g/mol. The summed E-state index contributed by atoms with van der Waals surface area (Å²) in [5, 5.41) is 11.4.